The first kappa shape index (κ1) is 11.6. The molecule has 1 unspecified atom stereocenters. The van der Waals surface area contributed by atoms with Gasteiger partial charge in [-0.15, -0.1) is 0 Å². The second-order valence-corrected chi connectivity index (χ2v) is 4.84. The zero-order valence-electron chi connectivity index (χ0n) is 9.97. The maximum Gasteiger partial charge on any atom is 0.0527 e. The van der Waals surface area contributed by atoms with Crippen LogP contribution in [0.25, 0.3) is 0 Å². The topological polar surface area (TPSA) is 23.5 Å². The first-order valence-electron chi connectivity index (χ1n) is 6.22. The predicted molar refractivity (Wildman–Crippen MR) is 66.2 cm³/mol. The van der Waals surface area contributed by atoms with E-state index in [1.54, 1.807) is 0 Å². The Morgan fingerprint density at radius 1 is 1.38 bits per heavy atom. The smallest absolute Gasteiger partial charge is 0.0527 e. The molecule has 2 atom stereocenters. The first-order valence-corrected chi connectivity index (χ1v) is 6.22. The summed E-state index contributed by atoms with van der Waals surface area (Å²) in [5, 5.41) is 9.47. The zero-order chi connectivity index (χ0) is 11.4. The molecule has 1 heterocycles. The van der Waals surface area contributed by atoms with Crippen LogP contribution in [0.1, 0.15) is 31.7 Å². The molecular formula is C14H21NO. The molecule has 0 aromatic heterocycles. The van der Waals surface area contributed by atoms with E-state index in [1.165, 1.54) is 24.9 Å². The number of likely N-dealkylation sites (tertiary alicyclic amines) is 1. The lowest BCUT2D eigenvalue weighted by Crippen LogP contribution is -2.31. The Bertz CT molecular complexity index is 310. The van der Waals surface area contributed by atoms with Crippen LogP contribution in [0, 0.1) is 0 Å². The Morgan fingerprint density at radius 2 is 2.12 bits per heavy atom. The van der Waals surface area contributed by atoms with Crippen LogP contribution < -0.4 is 0 Å². The summed E-state index contributed by atoms with van der Waals surface area (Å²) in [7, 11) is 0. The fourth-order valence-corrected chi connectivity index (χ4v) is 2.58. The van der Waals surface area contributed by atoms with Crippen molar-refractivity contribution in [2.45, 2.75) is 44.9 Å². The van der Waals surface area contributed by atoms with E-state index in [4.69, 9.17) is 0 Å². The molecule has 1 aliphatic rings. The maximum atomic E-state index is 9.47. The van der Waals surface area contributed by atoms with E-state index < -0.39 is 0 Å². The number of rotatable bonds is 4. The molecule has 1 saturated heterocycles. The van der Waals surface area contributed by atoms with Gasteiger partial charge in [-0.05, 0) is 38.3 Å². The van der Waals surface area contributed by atoms with Gasteiger partial charge in [0.15, 0.2) is 0 Å². The lowest BCUT2D eigenvalue weighted by atomic mass is 10.1. The van der Waals surface area contributed by atoms with Gasteiger partial charge < -0.3 is 5.11 Å². The van der Waals surface area contributed by atoms with E-state index in [1.807, 2.05) is 6.92 Å². The SMILES string of the molecule is C[C@@H](O)CC1CCCN1Cc1ccccc1. The highest BCUT2D eigenvalue weighted by Crippen LogP contribution is 2.23. The third-order valence-corrected chi connectivity index (χ3v) is 3.34. The van der Waals surface area contributed by atoms with Crippen LogP contribution in [0.2, 0.25) is 0 Å². The minimum absolute atomic E-state index is 0.179. The summed E-state index contributed by atoms with van der Waals surface area (Å²) in [5.41, 5.74) is 1.37. The van der Waals surface area contributed by atoms with Gasteiger partial charge in [-0.2, -0.15) is 0 Å². The minimum atomic E-state index is -0.179. The molecule has 1 aromatic rings. The van der Waals surface area contributed by atoms with Crippen molar-refractivity contribution in [2.75, 3.05) is 6.54 Å². The van der Waals surface area contributed by atoms with Crippen LogP contribution in [-0.4, -0.2) is 28.7 Å². The normalized spacial score (nSPS) is 23.5. The van der Waals surface area contributed by atoms with E-state index in [9.17, 15) is 5.11 Å². The van der Waals surface area contributed by atoms with Gasteiger partial charge in [-0.25, -0.2) is 0 Å². The van der Waals surface area contributed by atoms with Crippen LogP contribution in [0.15, 0.2) is 30.3 Å². The van der Waals surface area contributed by atoms with Crippen molar-refractivity contribution in [3.05, 3.63) is 35.9 Å². The van der Waals surface area contributed by atoms with Gasteiger partial charge in [-0.1, -0.05) is 30.3 Å². The highest BCUT2D eigenvalue weighted by atomic mass is 16.3. The van der Waals surface area contributed by atoms with Crippen molar-refractivity contribution in [3.63, 3.8) is 0 Å². The lowest BCUT2D eigenvalue weighted by molar-refractivity contribution is 0.131. The number of hydrogen-bond donors (Lipinski definition) is 1. The van der Waals surface area contributed by atoms with Gasteiger partial charge in [0, 0.05) is 12.6 Å². The monoisotopic (exact) mass is 219 g/mol. The van der Waals surface area contributed by atoms with Crippen molar-refractivity contribution >= 4 is 0 Å². The summed E-state index contributed by atoms with van der Waals surface area (Å²) in [6.45, 7) is 4.09. The fraction of sp³-hybridized carbons (Fsp3) is 0.571. The Kier molecular flexibility index (Phi) is 3.97. The van der Waals surface area contributed by atoms with Crippen LogP contribution >= 0.6 is 0 Å². The summed E-state index contributed by atoms with van der Waals surface area (Å²) in [4.78, 5) is 2.50. The number of hydrogen-bond acceptors (Lipinski definition) is 2. The molecule has 0 radical (unpaired) electrons. The Hall–Kier alpha value is -0.860. The van der Waals surface area contributed by atoms with Crippen molar-refractivity contribution in [3.8, 4) is 0 Å². The summed E-state index contributed by atoms with van der Waals surface area (Å²) in [6.07, 6.45) is 3.23. The molecule has 2 nitrogen and oxygen atoms in total. The maximum absolute atomic E-state index is 9.47. The number of benzene rings is 1. The van der Waals surface area contributed by atoms with Gasteiger partial charge in [0.05, 0.1) is 6.10 Å². The standard InChI is InChI=1S/C14H21NO/c1-12(16)10-14-8-5-9-15(14)11-13-6-3-2-4-7-13/h2-4,6-7,12,14,16H,5,8-11H2,1H3/t12-,14?/m1/s1. The van der Waals surface area contributed by atoms with E-state index in [-0.39, 0.29) is 6.10 Å². The fourth-order valence-electron chi connectivity index (χ4n) is 2.58. The van der Waals surface area contributed by atoms with Crippen LogP contribution in [0.4, 0.5) is 0 Å². The first-order chi connectivity index (χ1) is 7.75. The van der Waals surface area contributed by atoms with E-state index in [0.717, 1.165) is 13.0 Å². The number of nitrogens with zero attached hydrogens (tertiary/aromatic N) is 1. The Morgan fingerprint density at radius 3 is 2.81 bits per heavy atom. The molecule has 0 spiro atoms. The minimum Gasteiger partial charge on any atom is -0.393 e. The molecule has 0 saturated carbocycles. The summed E-state index contributed by atoms with van der Waals surface area (Å²) >= 11 is 0. The average Bonchev–Trinajstić information content (AvgIpc) is 2.66. The van der Waals surface area contributed by atoms with Crippen LogP contribution in [0.3, 0.4) is 0 Å². The lowest BCUT2D eigenvalue weighted by Gasteiger charge is -2.25. The predicted octanol–water partition coefficient (Wildman–Crippen LogP) is 2.42. The van der Waals surface area contributed by atoms with Crippen molar-refractivity contribution in [2.24, 2.45) is 0 Å². The molecule has 1 N–H and O–H groups in total. The Labute approximate surface area is 97.9 Å². The summed E-state index contributed by atoms with van der Waals surface area (Å²) in [6, 6.07) is 11.2. The van der Waals surface area contributed by atoms with Crippen molar-refractivity contribution < 1.29 is 5.11 Å². The number of aliphatic hydroxyl groups excluding tert-OH is 1. The average molecular weight is 219 g/mol. The molecule has 16 heavy (non-hydrogen) atoms. The molecule has 1 fully saturated rings. The highest BCUT2D eigenvalue weighted by molar-refractivity contribution is 5.14. The largest absolute Gasteiger partial charge is 0.393 e. The molecule has 0 aliphatic carbocycles. The molecule has 2 rings (SSSR count). The molecule has 2 heteroatoms. The molecular weight excluding hydrogens is 198 g/mol. The van der Waals surface area contributed by atoms with Gasteiger partial charge in [-0.3, -0.25) is 4.90 Å². The summed E-state index contributed by atoms with van der Waals surface area (Å²) < 4.78 is 0. The van der Waals surface area contributed by atoms with Gasteiger partial charge in [0.25, 0.3) is 0 Å². The second kappa shape index (κ2) is 5.46. The van der Waals surface area contributed by atoms with Crippen LogP contribution in [0.5, 0.6) is 0 Å². The van der Waals surface area contributed by atoms with Gasteiger partial charge in [0.1, 0.15) is 0 Å². The van der Waals surface area contributed by atoms with E-state index in [2.05, 4.69) is 35.2 Å². The van der Waals surface area contributed by atoms with Gasteiger partial charge in [0.2, 0.25) is 0 Å². The van der Waals surface area contributed by atoms with Gasteiger partial charge >= 0.3 is 0 Å². The molecule has 1 aliphatic heterocycles. The van der Waals surface area contributed by atoms with Crippen molar-refractivity contribution in [1.29, 1.82) is 0 Å². The second-order valence-electron chi connectivity index (χ2n) is 4.84. The highest BCUT2D eigenvalue weighted by Gasteiger charge is 2.25. The Balaban J connectivity index is 1.93. The number of aliphatic hydroxyl groups is 1. The zero-order valence-corrected chi connectivity index (χ0v) is 9.97. The molecule has 1 aromatic carbocycles. The van der Waals surface area contributed by atoms with Crippen LogP contribution in [-0.2, 0) is 6.54 Å². The molecule has 0 amide bonds. The third kappa shape index (κ3) is 3.06. The van der Waals surface area contributed by atoms with Crippen molar-refractivity contribution in [1.82, 2.24) is 4.90 Å². The quantitative estimate of drug-likeness (QED) is 0.840. The molecule has 0 bridgehead atoms. The van der Waals surface area contributed by atoms with E-state index >= 15 is 0 Å². The molecule has 88 valence electrons. The third-order valence-electron chi connectivity index (χ3n) is 3.34. The van der Waals surface area contributed by atoms with E-state index in [0.29, 0.717) is 6.04 Å². The summed E-state index contributed by atoms with van der Waals surface area (Å²) in [5.74, 6) is 0.